The fourth-order valence-electron chi connectivity index (χ4n) is 3.06. The number of carbonyl (C=O) groups excluding carboxylic acids is 1. The van der Waals surface area contributed by atoms with Crippen molar-refractivity contribution in [2.75, 3.05) is 13.1 Å². The number of benzene rings is 1. The molecule has 0 saturated carbocycles. The van der Waals surface area contributed by atoms with E-state index < -0.39 is 4.92 Å². The average molecular weight is 364 g/mol. The van der Waals surface area contributed by atoms with Crippen LogP contribution in [0.5, 0.6) is 0 Å². The summed E-state index contributed by atoms with van der Waals surface area (Å²) in [6.07, 6.45) is 3.69. The van der Waals surface area contributed by atoms with E-state index in [1.807, 2.05) is 13.2 Å². The van der Waals surface area contributed by atoms with Crippen LogP contribution in [0.15, 0.2) is 30.6 Å². The highest BCUT2D eigenvalue weighted by molar-refractivity contribution is 6.31. The number of non-ortho nitro benzene ring substituents is 1. The molecule has 9 heteroatoms. The van der Waals surface area contributed by atoms with Gasteiger partial charge in [-0.2, -0.15) is 5.10 Å². The number of aryl methyl sites for hydroxylation is 1. The first kappa shape index (κ1) is 17.4. The summed E-state index contributed by atoms with van der Waals surface area (Å²) in [6, 6.07) is 4.19. The van der Waals surface area contributed by atoms with Crippen molar-refractivity contribution in [3.05, 3.63) is 56.9 Å². The summed E-state index contributed by atoms with van der Waals surface area (Å²) in [4.78, 5) is 23.0. The van der Waals surface area contributed by atoms with E-state index in [0.29, 0.717) is 23.7 Å². The van der Waals surface area contributed by atoms with Crippen LogP contribution in [-0.2, 0) is 18.4 Å². The highest BCUT2D eigenvalue weighted by Gasteiger charge is 2.34. The van der Waals surface area contributed by atoms with Crippen molar-refractivity contribution in [3.8, 4) is 0 Å². The van der Waals surface area contributed by atoms with Crippen LogP contribution in [-0.4, -0.2) is 33.7 Å². The molecule has 1 saturated heterocycles. The van der Waals surface area contributed by atoms with Gasteiger partial charge >= 0.3 is 0 Å². The second-order valence-electron chi connectivity index (χ2n) is 6.07. The van der Waals surface area contributed by atoms with Gasteiger partial charge in [0.05, 0.1) is 17.0 Å². The van der Waals surface area contributed by atoms with Crippen molar-refractivity contribution in [3.63, 3.8) is 0 Å². The van der Waals surface area contributed by atoms with Crippen LogP contribution in [0.25, 0.3) is 0 Å². The molecule has 2 N–H and O–H groups in total. The van der Waals surface area contributed by atoms with Crippen molar-refractivity contribution < 1.29 is 9.72 Å². The standard InChI is InChI=1S/C16H18ClN5O3/c1-21-9-11(6-20-21)13-7-18-8-14(13)16(23)19-5-10-4-12(22(24)25)2-3-15(10)17/h2-4,6,9,13-14,18H,5,7-8H2,1H3,(H,19,23)/t13-,14+/m1/s1. The molecule has 0 spiro atoms. The van der Waals surface area contributed by atoms with Crippen molar-refractivity contribution in [2.24, 2.45) is 13.0 Å². The summed E-state index contributed by atoms with van der Waals surface area (Å²) in [7, 11) is 1.84. The number of rotatable bonds is 5. The van der Waals surface area contributed by atoms with Gasteiger partial charge < -0.3 is 10.6 Å². The molecular formula is C16H18ClN5O3. The Labute approximate surface area is 149 Å². The van der Waals surface area contributed by atoms with Gasteiger partial charge in [0.25, 0.3) is 5.69 Å². The van der Waals surface area contributed by atoms with Crippen LogP contribution in [0.2, 0.25) is 5.02 Å². The summed E-state index contributed by atoms with van der Waals surface area (Å²) < 4.78 is 1.71. The molecule has 132 valence electrons. The first-order valence-corrected chi connectivity index (χ1v) is 8.23. The highest BCUT2D eigenvalue weighted by atomic mass is 35.5. The molecule has 2 aromatic rings. The first-order chi connectivity index (χ1) is 12.0. The van der Waals surface area contributed by atoms with Gasteiger partial charge in [-0.05, 0) is 17.2 Å². The lowest BCUT2D eigenvalue weighted by Gasteiger charge is -2.17. The van der Waals surface area contributed by atoms with Gasteiger partial charge in [-0.25, -0.2) is 0 Å². The fraction of sp³-hybridized carbons (Fsp3) is 0.375. The third-order valence-electron chi connectivity index (χ3n) is 4.40. The molecule has 1 aromatic heterocycles. The molecule has 0 aliphatic carbocycles. The molecular weight excluding hydrogens is 346 g/mol. The zero-order valence-corrected chi connectivity index (χ0v) is 14.4. The monoisotopic (exact) mass is 363 g/mol. The van der Waals surface area contributed by atoms with Crippen LogP contribution in [0.4, 0.5) is 5.69 Å². The molecule has 0 radical (unpaired) electrons. The number of hydrogen-bond acceptors (Lipinski definition) is 5. The summed E-state index contributed by atoms with van der Waals surface area (Å²) in [5, 5.41) is 21.5. The summed E-state index contributed by atoms with van der Waals surface area (Å²) in [5.74, 6) is -0.280. The van der Waals surface area contributed by atoms with E-state index >= 15 is 0 Å². The van der Waals surface area contributed by atoms with E-state index in [4.69, 9.17) is 11.6 Å². The van der Waals surface area contributed by atoms with Crippen molar-refractivity contribution in [1.82, 2.24) is 20.4 Å². The number of hydrogen-bond donors (Lipinski definition) is 2. The predicted octanol–water partition coefficient (Wildman–Crippen LogP) is 1.60. The minimum absolute atomic E-state index is 0.0503. The number of aromatic nitrogens is 2. The third kappa shape index (κ3) is 3.80. The minimum Gasteiger partial charge on any atom is -0.352 e. The molecule has 1 aliphatic heterocycles. The lowest BCUT2D eigenvalue weighted by molar-refractivity contribution is -0.384. The quantitative estimate of drug-likeness (QED) is 0.620. The van der Waals surface area contributed by atoms with Gasteiger partial charge in [-0.15, -0.1) is 0 Å². The first-order valence-electron chi connectivity index (χ1n) is 7.85. The van der Waals surface area contributed by atoms with E-state index in [0.717, 1.165) is 5.56 Å². The predicted molar refractivity (Wildman–Crippen MR) is 92.3 cm³/mol. The smallest absolute Gasteiger partial charge is 0.269 e. The van der Waals surface area contributed by atoms with Gasteiger partial charge in [0.2, 0.25) is 5.91 Å². The lowest BCUT2D eigenvalue weighted by atomic mass is 9.90. The molecule has 8 nitrogen and oxygen atoms in total. The summed E-state index contributed by atoms with van der Waals surface area (Å²) in [5.41, 5.74) is 1.48. The van der Waals surface area contributed by atoms with Crippen LogP contribution in [0.3, 0.4) is 0 Å². The largest absolute Gasteiger partial charge is 0.352 e. The SMILES string of the molecule is Cn1cc([C@H]2CNC[C@@H]2C(=O)NCc2cc([N+](=O)[O-])ccc2Cl)cn1. The summed E-state index contributed by atoms with van der Waals surface area (Å²) in [6.45, 7) is 1.44. The Balaban J connectivity index is 1.68. The highest BCUT2D eigenvalue weighted by Crippen LogP contribution is 2.28. The second kappa shape index (κ2) is 7.20. The summed E-state index contributed by atoms with van der Waals surface area (Å²) >= 11 is 6.07. The van der Waals surface area contributed by atoms with Crippen LogP contribution < -0.4 is 10.6 Å². The number of nitrogens with zero attached hydrogens (tertiary/aromatic N) is 3. The van der Waals surface area contributed by atoms with E-state index in [1.54, 1.807) is 10.9 Å². The van der Waals surface area contributed by atoms with Crippen LogP contribution in [0.1, 0.15) is 17.0 Å². The average Bonchev–Trinajstić information content (AvgIpc) is 3.22. The molecule has 25 heavy (non-hydrogen) atoms. The van der Waals surface area contributed by atoms with Crippen LogP contribution >= 0.6 is 11.6 Å². The number of nitrogens with one attached hydrogen (secondary N) is 2. The van der Waals surface area contributed by atoms with E-state index in [9.17, 15) is 14.9 Å². The Morgan fingerprint density at radius 2 is 2.32 bits per heavy atom. The van der Waals surface area contributed by atoms with Gasteiger partial charge in [0, 0.05) is 56.0 Å². The van der Waals surface area contributed by atoms with Crippen LogP contribution in [0, 0.1) is 16.0 Å². The Bertz CT molecular complexity index is 807. The van der Waals surface area contributed by atoms with Gasteiger partial charge in [-0.1, -0.05) is 11.6 Å². The molecule has 3 rings (SSSR count). The molecule has 2 atom stereocenters. The molecule has 0 bridgehead atoms. The molecule has 1 amide bonds. The van der Waals surface area contributed by atoms with Gasteiger partial charge in [0.1, 0.15) is 0 Å². The molecule has 2 heterocycles. The molecule has 1 aromatic carbocycles. The van der Waals surface area contributed by atoms with Crippen molar-refractivity contribution in [1.29, 1.82) is 0 Å². The maximum absolute atomic E-state index is 12.6. The Kier molecular flexibility index (Phi) is 5.00. The molecule has 1 fully saturated rings. The fourth-order valence-corrected chi connectivity index (χ4v) is 3.24. The van der Waals surface area contributed by atoms with Gasteiger partial charge in [-0.3, -0.25) is 19.6 Å². The van der Waals surface area contributed by atoms with Crippen molar-refractivity contribution in [2.45, 2.75) is 12.5 Å². The number of amides is 1. The maximum atomic E-state index is 12.6. The van der Waals surface area contributed by atoms with E-state index in [2.05, 4.69) is 15.7 Å². The molecule has 0 unspecified atom stereocenters. The Hall–Kier alpha value is -2.45. The zero-order valence-electron chi connectivity index (χ0n) is 13.6. The zero-order chi connectivity index (χ0) is 18.0. The third-order valence-corrected chi connectivity index (χ3v) is 4.77. The molecule has 1 aliphatic rings. The normalized spacial score (nSPS) is 19.8. The lowest BCUT2D eigenvalue weighted by Crippen LogP contribution is -2.34. The maximum Gasteiger partial charge on any atom is 0.269 e. The Morgan fingerprint density at radius 3 is 3.00 bits per heavy atom. The second-order valence-corrected chi connectivity index (χ2v) is 6.48. The number of nitro groups is 1. The van der Waals surface area contributed by atoms with Crippen molar-refractivity contribution >= 4 is 23.2 Å². The van der Waals surface area contributed by atoms with E-state index in [1.165, 1.54) is 18.2 Å². The topological polar surface area (TPSA) is 102 Å². The minimum atomic E-state index is -0.485. The number of carbonyl (C=O) groups is 1. The number of halogens is 1. The van der Waals surface area contributed by atoms with E-state index in [-0.39, 0.29) is 30.0 Å². The Morgan fingerprint density at radius 1 is 1.52 bits per heavy atom. The number of nitro benzene ring substituents is 1. The van der Waals surface area contributed by atoms with Gasteiger partial charge in [0.15, 0.2) is 0 Å².